The van der Waals surface area contributed by atoms with Crippen LogP contribution in [0.1, 0.15) is 27.8 Å². The molecule has 0 atom stereocenters. The van der Waals surface area contributed by atoms with Gasteiger partial charge in [0.2, 0.25) is 0 Å². The molecule has 4 rings (SSSR count). The molecule has 0 aromatic heterocycles. The molecular formula is C23H13-. The van der Waals surface area contributed by atoms with Gasteiger partial charge in [0.1, 0.15) is 0 Å². The minimum absolute atomic E-state index is 0.891. The lowest BCUT2D eigenvalue weighted by Gasteiger charge is -2.08. The van der Waals surface area contributed by atoms with Gasteiger partial charge in [-0.25, -0.2) is 0 Å². The highest BCUT2D eigenvalue weighted by Gasteiger charge is 2.20. The first-order chi connectivity index (χ1) is 11.3. The summed E-state index contributed by atoms with van der Waals surface area (Å²) in [5, 5.41) is 0. The topological polar surface area (TPSA) is 0 Å². The van der Waals surface area contributed by atoms with Crippen molar-refractivity contribution in [1.82, 2.24) is 0 Å². The normalized spacial score (nSPS) is 11.3. The van der Waals surface area contributed by atoms with Crippen LogP contribution in [0.2, 0.25) is 0 Å². The molecule has 0 nitrogen and oxygen atoms in total. The maximum Gasteiger partial charge on any atom is 0.0241 e. The zero-order valence-electron chi connectivity index (χ0n) is 12.5. The Kier molecular flexibility index (Phi) is 2.97. The van der Waals surface area contributed by atoms with Crippen molar-refractivity contribution in [2.75, 3.05) is 0 Å². The average Bonchev–Trinajstić information content (AvgIpc) is 3.21. The van der Waals surface area contributed by atoms with E-state index in [4.69, 9.17) is 12.8 Å². The molecule has 1 aliphatic rings. The second kappa shape index (κ2) is 5.13. The van der Waals surface area contributed by atoms with Gasteiger partial charge in [-0.3, -0.25) is 0 Å². The van der Waals surface area contributed by atoms with Crippen molar-refractivity contribution in [3.63, 3.8) is 0 Å². The van der Waals surface area contributed by atoms with E-state index in [1.165, 1.54) is 33.4 Å². The van der Waals surface area contributed by atoms with Crippen molar-refractivity contribution in [3.8, 4) is 35.8 Å². The summed E-state index contributed by atoms with van der Waals surface area (Å²) in [6.45, 7) is 0. The van der Waals surface area contributed by atoms with Crippen LogP contribution in [0.3, 0.4) is 0 Å². The zero-order valence-corrected chi connectivity index (χ0v) is 12.5. The van der Waals surface area contributed by atoms with Gasteiger partial charge in [-0.2, -0.15) is 12.1 Å². The van der Waals surface area contributed by atoms with Gasteiger partial charge >= 0.3 is 0 Å². The van der Waals surface area contributed by atoms with Gasteiger partial charge in [-0.1, -0.05) is 29.5 Å². The molecule has 0 aliphatic heterocycles. The van der Waals surface area contributed by atoms with Crippen LogP contribution in [0.25, 0.3) is 22.8 Å². The van der Waals surface area contributed by atoms with E-state index in [2.05, 4.69) is 54.3 Å². The largest absolute Gasteiger partial charge is 0.174 e. The first-order valence-corrected chi connectivity index (χ1v) is 7.46. The van der Waals surface area contributed by atoms with Crippen LogP contribution >= 0.6 is 0 Å². The molecule has 23 heavy (non-hydrogen) atoms. The SMILES string of the molecule is C#Cc1ccc2c(c1)C(=C[c-]1cccc1)c1cc(C#C)ccc1-2. The standard InChI is InChI=1S/C23H13/c1-3-16-9-11-19-20-12-10-17(4-2)14-22(20)23(21(19)13-16)15-18-7-5-6-8-18/h1-2,5-15H/q-1. The molecule has 1 aliphatic carbocycles. The molecule has 0 unspecified atom stereocenters. The summed E-state index contributed by atoms with van der Waals surface area (Å²) in [6, 6.07) is 20.6. The van der Waals surface area contributed by atoms with Gasteiger partial charge in [0.25, 0.3) is 0 Å². The summed E-state index contributed by atoms with van der Waals surface area (Å²) >= 11 is 0. The molecule has 0 heteroatoms. The Morgan fingerprint density at radius 3 is 1.74 bits per heavy atom. The Hall–Kier alpha value is -3.35. The quantitative estimate of drug-likeness (QED) is 0.344. The molecule has 0 heterocycles. The van der Waals surface area contributed by atoms with Crippen molar-refractivity contribution in [1.29, 1.82) is 0 Å². The highest BCUT2D eigenvalue weighted by atomic mass is 14.3. The van der Waals surface area contributed by atoms with E-state index in [1.54, 1.807) is 0 Å². The minimum atomic E-state index is 0.891. The van der Waals surface area contributed by atoms with Gasteiger partial charge in [-0.05, 0) is 46.5 Å². The third-order valence-electron chi connectivity index (χ3n) is 4.24. The van der Waals surface area contributed by atoms with Crippen molar-refractivity contribution in [3.05, 3.63) is 88.5 Å². The predicted molar refractivity (Wildman–Crippen MR) is 96.8 cm³/mol. The third kappa shape index (κ3) is 2.10. The third-order valence-corrected chi connectivity index (χ3v) is 4.24. The maximum atomic E-state index is 5.58. The lowest BCUT2D eigenvalue weighted by Crippen LogP contribution is -1.84. The van der Waals surface area contributed by atoms with Crippen LogP contribution in [-0.2, 0) is 0 Å². The monoisotopic (exact) mass is 289 g/mol. The smallest absolute Gasteiger partial charge is 0.0241 e. The molecule has 0 N–H and O–H groups in total. The highest BCUT2D eigenvalue weighted by Crippen LogP contribution is 2.45. The molecule has 0 fully saturated rings. The number of benzene rings is 2. The van der Waals surface area contributed by atoms with Crippen molar-refractivity contribution >= 4 is 11.6 Å². The minimum Gasteiger partial charge on any atom is -0.174 e. The molecule has 0 radical (unpaired) electrons. The fourth-order valence-electron chi connectivity index (χ4n) is 3.14. The number of hydrogen-bond acceptors (Lipinski definition) is 0. The summed E-state index contributed by atoms with van der Waals surface area (Å²) in [5.74, 6) is 5.45. The fraction of sp³-hybridized carbons (Fsp3) is 0. The maximum absolute atomic E-state index is 5.58. The van der Waals surface area contributed by atoms with Crippen molar-refractivity contribution < 1.29 is 0 Å². The van der Waals surface area contributed by atoms with E-state index >= 15 is 0 Å². The first-order valence-electron chi connectivity index (χ1n) is 7.46. The van der Waals surface area contributed by atoms with E-state index in [-0.39, 0.29) is 0 Å². The van der Waals surface area contributed by atoms with E-state index in [0.29, 0.717) is 0 Å². The number of terminal acetylenes is 2. The highest BCUT2D eigenvalue weighted by molar-refractivity contribution is 6.07. The van der Waals surface area contributed by atoms with Crippen LogP contribution in [0, 0.1) is 24.7 Å². The Bertz CT molecular complexity index is 947. The van der Waals surface area contributed by atoms with Crippen molar-refractivity contribution in [2.24, 2.45) is 0 Å². The van der Waals surface area contributed by atoms with Gasteiger partial charge in [0.05, 0.1) is 0 Å². The molecule has 0 saturated carbocycles. The predicted octanol–water partition coefficient (Wildman–Crippen LogP) is 4.94. The van der Waals surface area contributed by atoms with Crippen LogP contribution < -0.4 is 0 Å². The van der Waals surface area contributed by atoms with E-state index < -0.39 is 0 Å². The molecule has 106 valence electrons. The van der Waals surface area contributed by atoms with E-state index in [1.807, 2.05) is 24.3 Å². The van der Waals surface area contributed by atoms with Crippen molar-refractivity contribution in [2.45, 2.75) is 0 Å². The molecule has 0 bridgehead atoms. The number of hydrogen-bond donors (Lipinski definition) is 0. The van der Waals surface area contributed by atoms with Crippen LogP contribution in [0.4, 0.5) is 0 Å². The molecule has 0 amide bonds. The second-order valence-electron chi connectivity index (χ2n) is 5.59. The molecule has 3 aromatic carbocycles. The first kappa shape index (κ1) is 13.3. The zero-order chi connectivity index (χ0) is 15.8. The fourth-order valence-corrected chi connectivity index (χ4v) is 3.14. The lowest BCUT2D eigenvalue weighted by molar-refractivity contribution is 1.60. The van der Waals surface area contributed by atoms with Crippen LogP contribution in [-0.4, -0.2) is 0 Å². The molecule has 0 saturated heterocycles. The summed E-state index contributed by atoms with van der Waals surface area (Å²) in [7, 11) is 0. The summed E-state index contributed by atoms with van der Waals surface area (Å²) < 4.78 is 0. The Balaban J connectivity index is 2.02. The average molecular weight is 289 g/mol. The van der Waals surface area contributed by atoms with E-state index in [9.17, 15) is 0 Å². The summed E-state index contributed by atoms with van der Waals surface area (Å²) in [5.41, 5.74) is 8.90. The Morgan fingerprint density at radius 1 is 0.739 bits per heavy atom. The molecule has 0 spiro atoms. The summed E-state index contributed by atoms with van der Waals surface area (Å²) in [6.07, 6.45) is 13.4. The van der Waals surface area contributed by atoms with Crippen LogP contribution in [0.15, 0.2) is 60.7 Å². The van der Waals surface area contributed by atoms with Gasteiger partial charge < -0.3 is 0 Å². The Morgan fingerprint density at radius 2 is 1.26 bits per heavy atom. The Labute approximate surface area is 136 Å². The number of fused-ring (bicyclic) bond motifs is 3. The number of rotatable bonds is 1. The molecule has 3 aromatic rings. The molecular weight excluding hydrogens is 276 g/mol. The lowest BCUT2D eigenvalue weighted by atomic mass is 9.99. The van der Waals surface area contributed by atoms with Gasteiger partial charge in [-0.15, -0.1) is 36.6 Å². The van der Waals surface area contributed by atoms with E-state index in [0.717, 1.165) is 11.1 Å². The second-order valence-corrected chi connectivity index (χ2v) is 5.59. The van der Waals surface area contributed by atoms with Gasteiger partial charge in [0.15, 0.2) is 0 Å². The van der Waals surface area contributed by atoms with Gasteiger partial charge in [0, 0.05) is 11.1 Å². The van der Waals surface area contributed by atoms with Crippen LogP contribution in [0.5, 0.6) is 0 Å². The summed E-state index contributed by atoms with van der Waals surface area (Å²) in [4.78, 5) is 0.